The zero-order chi connectivity index (χ0) is 11.4. The van der Waals surface area contributed by atoms with Gasteiger partial charge in [-0.15, -0.1) is 4.68 Å². The van der Waals surface area contributed by atoms with Crippen LogP contribution in [-0.4, -0.2) is 21.9 Å². The molecule has 0 atom stereocenters. The summed E-state index contributed by atoms with van der Waals surface area (Å²) in [5.41, 5.74) is 5.40. The maximum absolute atomic E-state index is 10.6. The molecule has 1 rings (SSSR count). The molecule has 0 unspecified atom stereocenters. The largest absolute Gasteiger partial charge is 0.512 e. The summed E-state index contributed by atoms with van der Waals surface area (Å²) in [6.45, 7) is 0. The Kier molecular flexibility index (Phi) is 2.97. The van der Waals surface area contributed by atoms with Crippen molar-refractivity contribution in [1.82, 2.24) is 0 Å². The Morgan fingerprint density at radius 3 is 2.27 bits per heavy atom. The predicted octanol–water partition coefficient (Wildman–Crippen LogP) is -0.0214. The van der Waals surface area contributed by atoms with E-state index in [4.69, 9.17) is 11.6 Å². The number of hydrazone groups is 1. The monoisotopic (exact) mass is 209 g/mol. The van der Waals surface area contributed by atoms with Crippen LogP contribution in [0.3, 0.4) is 0 Å². The molecule has 0 radical (unpaired) electrons. The molecule has 7 heteroatoms. The molecule has 0 aliphatic carbocycles. The van der Waals surface area contributed by atoms with Gasteiger partial charge in [0.2, 0.25) is 0 Å². The number of amides is 2. The molecule has 1 aromatic carbocycles. The van der Waals surface area contributed by atoms with Crippen molar-refractivity contribution in [3.63, 3.8) is 0 Å². The molecule has 0 bridgehead atoms. The summed E-state index contributed by atoms with van der Waals surface area (Å²) in [6, 6.07) is 4.72. The molecule has 78 valence electrons. The number of hydrogen-bond donors (Lipinski definition) is 2. The van der Waals surface area contributed by atoms with Crippen molar-refractivity contribution in [3.8, 4) is 0 Å². The van der Waals surface area contributed by atoms with E-state index in [0.717, 1.165) is 0 Å². The summed E-state index contributed by atoms with van der Waals surface area (Å²) in [7, 11) is 0. The fraction of sp³-hybridized carbons (Fsp3) is 0. The number of non-ortho nitro benzene ring substituents is 1. The molecule has 0 aliphatic rings. The first-order valence-electron chi connectivity index (χ1n) is 3.93. The molecule has 0 heterocycles. The van der Waals surface area contributed by atoms with Crippen molar-refractivity contribution in [2.45, 2.75) is 0 Å². The first-order chi connectivity index (χ1) is 7.00. The lowest BCUT2D eigenvalue weighted by Gasteiger charge is -1.93. The lowest BCUT2D eigenvalue weighted by atomic mass is 10.2. The van der Waals surface area contributed by atoms with Crippen LogP contribution in [0.25, 0.3) is 0 Å². The van der Waals surface area contributed by atoms with Gasteiger partial charge < -0.3 is 0 Å². The molecule has 2 amide bonds. The highest BCUT2D eigenvalue weighted by Crippen LogP contribution is 2.10. The Morgan fingerprint density at radius 2 is 1.87 bits per heavy atom. The number of nitro groups is 1. The van der Waals surface area contributed by atoms with Gasteiger partial charge in [-0.1, -0.05) is 0 Å². The van der Waals surface area contributed by atoms with Crippen LogP contribution in [0.15, 0.2) is 24.3 Å². The number of rotatable bonds is 2. The highest BCUT2D eigenvalue weighted by atomic mass is 16.6. The Morgan fingerprint density at radius 1 is 1.33 bits per heavy atom. The molecule has 0 saturated carbocycles. The van der Waals surface area contributed by atoms with E-state index in [0.29, 0.717) is 10.2 Å². The highest BCUT2D eigenvalue weighted by molar-refractivity contribution is 5.80. The van der Waals surface area contributed by atoms with E-state index < -0.39 is 11.0 Å². The normalized spacial score (nSPS) is 11.1. The molecule has 0 saturated heterocycles. The number of urea groups is 1. The number of nitrogens with zero attached hydrogens (tertiary/aromatic N) is 2. The number of benzene rings is 1. The van der Waals surface area contributed by atoms with E-state index in [9.17, 15) is 14.9 Å². The van der Waals surface area contributed by atoms with Crippen LogP contribution in [0.2, 0.25) is 0 Å². The number of primary amides is 1. The van der Waals surface area contributed by atoms with Crippen molar-refractivity contribution in [3.05, 3.63) is 39.9 Å². The van der Waals surface area contributed by atoms with Gasteiger partial charge in [-0.25, -0.2) is 5.73 Å². The summed E-state index contributed by atoms with van der Waals surface area (Å²) in [5, 5.41) is 10.3. The van der Waals surface area contributed by atoms with E-state index in [1.54, 1.807) is 0 Å². The van der Waals surface area contributed by atoms with Crippen LogP contribution in [0, 0.1) is 10.1 Å². The SMILES string of the molecule is NC(=O)/[N+](N)=C/c1ccc([N+](=O)[O-])cc1. The van der Waals surface area contributed by atoms with E-state index in [1.807, 2.05) is 0 Å². The quantitative estimate of drug-likeness (QED) is 0.178. The molecule has 0 aliphatic heterocycles. The topological polar surface area (TPSA) is 115 Å². The molecule has 7 nitrogen and oxygen atoms in total. The Hall–Kier alpha value is -2.44. The smallest absolute Gasteiger partial charge is 0.266 e. The van der Waals surface area contributed by atoms with Gasteiger partial charge in [-0.2, -0.15) is 4.79 Å². The summed E-state index contributed by atoms with van der Waals surface area (Å²) >= 11 is 0. The van der Waals surface area contributed by atoms with Crippen molar-refractivity contribution in [2.75, 3.05) is 0 Å². The number of carbonyl (C=O) groups excluding carboxylic acids is 1. The fourth-order valence-electron chi connectivity index (χ4n) is 0.906. The van der Waals surface area contributed by atoms with Crippen molar-refractivity contribution in [1.29, 1.82) is 0 Å². The number of nitro benzene ring substituents is 1. The molecule has 1 aromatic rings. The Balaban J connectivity index is 2.95. The maximum atomic E-state index is 10.6. The summed E-state index contributed by atoms with van der Waals surface area (Å²) in [4.78, 5) is 20.4. The van der Waals surface area contributed by atoms with Crippen molar-refractivity contribution in [2.24, 2.45) is 11.6 Å². The van der Waals surface area contributed by atoms with E-state index in [2.05, 4.69) is 0 Å². The molecule has 0 aromatic heterocycles. The van der Waals surface area contributed by atoms with Crippen LogP contribution in [0.1, 0.15) is 5.56 Å². The highest BCUT2D eigenvalue weighted by Gasteiger charge is 2.06. The summed E-state index contributed by atoms with van der Waals surface area (Å²) in [6.07, 6.45) is 1.27. The second kappa shape index (κ2) is 4.18. The first-order valence-corrected chi connectivity index (χ1v) is 3.93. The van der Waals surface area contributed by atoms with Crippen molar-refractivity contribution < 1.29 is 14.4 Å². The number of nitrogens with two attached hydrogens (primary N) is 2. The van der Waals surface area contributed by atoms with Crippen LogP contribution < -0.4 is 11.6 Å². The molecule has 4 N–H and O–H groups in total. The van der Waals surface area contributed by atoms with Gasteiger partial charge in [-0.05, 0) is 12.1 Å². The minimum absolute atomic E-state index is 0.0326. The van der Waals surface area contributed by atoms with Gasteiger partial charge in [0.1, 0.15) is 6.21 Å². The number of hydrogen-bond acceptors (Lipinski definition) is 4. The van der Waals surface area contributed by atoms with Gasteiger partial charge in [0.05, 0.1) is 4.92 Å². The minimum Gasteiger partial charge on any atom is -0.266 e. The molecule has 0 spiro atoms. The number of hydrazine groups is 1. The lowest BCUT2D eigenvalue weighted by Crippen LogP contribution is -2.33. The third-order valence-corrected chi connectivity index (χ3v) is 1.65. The zero-order valence-electron chi connectivity index (χ0n) is 7.66. The Labute approximate surface area is 84.7 Å². The van der Waals surface area contributed by atoms with Gasteiger partial charge in [0.15, 0.2) is 0 Å². The predicted molar refractivity (Wildman–Crippen MR) is 52.3 cm³/mol. The maximum Gasteiger partial charge on any atom is 0.512 e. The second-order valence-electron chi connectivity index (χ2n) is 2.72. The third-order valence-electron chi connectivity index (χ3n) is 1.65. The first kappa shape index (κ1) is 10.6. The summed E-state index contributed by atoms with van der Waals surface area (Å²) in [5.74, 6) is 5.22. The van der Waals surface area contributed by atoms with Crippen LogP contribution in [0.5, 0.6) is 0 Å². The Bertz CT molecular complexity index is 424. The van der Waals surface area contributed by atoms with Gasteiger partial charge in [0, 0.05) is 17.7 Å². The average Bonchev–Trinajstić information content (AvgIpc) is 2.18. The van der Waals surface area contributed by atoms with E-state index in [-0.39, 0.29) is 5.69 Å². The van der Waals surface area contributed by atoms with Crippen LogP contribution in [-0.2, 0) is 0 Å². The average molecular weight is 209 g/mol. The van der Waals surface area contributed by atoms with E-state index in [1.165, 1.54) is 30.5 Å². The summed E-state index contributed by atoms with van der Waals surface area (Å²) < 4.78 is 0.696. The molecule has 0 fully saturated rings. The number of carbonyl (C=O) groups is 1. The lowest BCUT2D eigenvalue weighted by molar-refractivity contribution is -0.431. The van der Waals surface area contributed by atoms with Gasteiger partial charge in [0.25, 0.3) is 5.69 Å². The zero-order valence-corrected chi connectivity index (χ0v) is 7.66. The van der Waals surface area contributed by atoms with Gasteiger partial charge >= 0.3 is 6.03 Å². The van der Waals surface area contributed by atoms with Crippen LogP contribution in [0.4, 0.5) is 10.5 Å². The van der Waals surface area contributed by atoms with Crippen LogP contribution >= 0.6 is 0 Å². The van der Waals surface area contributed by atoms with Crippen molar-refractivity contribution >= 4 is 17.9 Å². The third kappa shape index (κ3) is 2.76. The molecule has 15 heavy (non-hydrogen) atoms. The minimum atomic E-state index is -0.812. The second-order valence-corrected chi connectivity index (χ2v) is 2.72. The fourth-order valence-corrected chi connectivity index (χ4v) is 0.906. The van der Waals surface area contributed by atoms with E-state index >= 15 is 0 Å². The standard InChI is InChI=1S/C8H8N4O3/c9-8(13)11(10)5-6-1-3-7(4-2-6)12(14)15/h1-5H,10H2,(H-,9,13)/p+1/b11-5-. The molecular weight excluding hydrogens is 200 g/mol. The van der Waals surface area contributed by atoms with Gasteiger partial charge in [-0.3, -0.25) is 16.0 Å². The molecular formula is C8H9N4O3+.